The Morgan fingerprint density at radius 2 is 1.88 bits per heavy atom. The monoisotopic (exact) mass is 228 g/mol. The molecule has 0 aromatic heterocycles. The Kier molecular flexibility index (Phi) is 4.42. The highest BCUT2D eigenvalue weighted by molar-refractivity contribution is 5.23. The first-order valence-corrected chi connectivity index (χ1v) is 5.65. The molecule has 3 heteroatoms. The summed E-state index contributed by atoms with van der Waals surface area (Å²) in [6, 6.07) is 3.56. The largest absolute Gasteiger partial charge is 0.385 e. The van der Waals surface area contributed by atoms with Crippen molar-refractivity contribution in [3.8, 4) is 0 Å². The molecule has 0 amide bonds. The van der Waals surface area contributed by atoms with E-state index in [2.05, 4.69) is 6.92 Å². The van der Waals surface area contributed by atoms with Crippen LogP contribution in [0.15, 0.2) is 18.2 Å². The maximum atomic E-state index is 13.0. The van der Waals surface area contributed by atoms with Gasteiger partial charge in [0.25, 0.3) is 0 Å². The molecule has 0 aliphatic carbocycles. The average Bonchev–Trinajstić information content (AvgIpc) is 2.22. The number of hydrogen-bond donors (Lipinski definition) is 1. The van der Waals surface area contributed by atoms with Gasteiger partial charge >= 0.3 is 0 Å². The molecule has 1 aromatic rings. The fourth-order valence-electron chi connectivity index (χ4n) is 1.69. The third-order valence-electron chi connectivity index (χ3n) is 2.81. The molecule has 0 heterocycles. The predicted octanol–water partition coefficient (Wildman–Crippen LogP) is 3.75. The van der Waals surface area contributed by atoms with Gasteiger partial charge in [-0.3, -0.25) is 0 Å². The molecule has 0 spiro atoms. The van der Waals surface area contributed by atoms with Gasteiger partial charge in [0.2, 0.25) is 0 Å². The fraction of sp³-hybridized carbons (Fsp3) is 0.538. The first kappa shape index (κ1) is 13.1. The lowest BCUT2D eigenvalue weighted by Crippen LogP contribution is -2.21. The van der Waals surface area contributed by atoms with Crippen LogP contribution in [0.1, 0.15) is 45.1 Å². The summed E-state index contributed by atoms with van der Waals surface area (Å²) in [4.78, 5) is 0. The van der Waals surface area contributed by atoms with E-state index in [0.29, 0.717) is 12.0 Å². The van der Waals surface area contributed by atoms with Crippen LogP contribution in [0.5, 0.6) is 0 Å². The van der Waals surface area contributed by atoms with Crippen molar-refractivity contribution in [1.29, 1.82) is 0 Å². The number of halogens is 2. The summed E-state index contributed by atoms with van der Waals surface area (Å²) < 4.78 is 25.7. The number of rotatable bonds is 5. The summed E-state index contributed by atoms with van der Waals surface area (Å²) >= 11 is 0. The molecule has 0 aliphatic heterocycles. The van der Waals surface area contributed by atoms with Gasteiger partial charge in [0.05, 0.1) is 5.60 Å². The second-order valence-corrected chi connectivity index (χ2v) is 4.36. The maximum Gasteiger partial charge on any atom is 0.159 e. The molecule has 0 saturated carbocycles. The van der Waals surface area contributed by atoms with E-state index < -0.39 is 17.2 Å². The summed E-state index contributed by atoms with van der Waals surface area (Å²) in [5, 5.41) is 10.1. The van der Waals surface area contributed by atoms with E-state index in [0.717, 1.165) is 31.4 Å². The summed E-state index contributed by atoms with van der Waals surface area (Å²) in [7, 11) is 0. The predicted molar refractivity (Wildman–Crippen MR) is 60.1 cm³/mol. The lowest BCUT2D eigenvalue weighted by atomic mass is 9.90. The minimum atomic E-state index is -1.08. The van der Waals surface area contributed by atoms with Crippen LogP contribution in [0, 0.1) is 11.6 Å². The Labute approximate surface area is 95.1 Å². The van der Waals surface area contributed by atoms with Crippen molar-refractivity contribution in [1.82, 2.24) is 0 Å². The second kappa shape index (κ2) is 5.39. The number of aliphatic hydroxyl groups is 1. The van der Waals surface area contributed by atoms with Gasteiger partial charge in [-0.15, -0.1) is 0 Å². The quantitative estimate of drug-likeness (QED) is 0.761. The summed E-state index contributed by atoms with van der Waals surface area (Å²) in [6.45, 7) is 3.71. The lowest BCUT2D eigenvalue weighted by Gasteiger charge is -2.23. The molecule has 0 bridgehead atoms. The van der Waals surface area contributed by atoms with Crippen LogP contribution in [-0.4, -0.2) is 5.11 Å². The molecule has 90 valence electrons. The van der Waals surface area contributed by atoms with Crippen molar-refractivity contribution < 1.29 is 13.9 Å². The van der Waals surface area contributed by atoms with E-state index >= 15 is 0 Å². The minimum Gasteiger partial charge on any atom is -0.385 e. The van der Waals surface area contributed by atoms with Crippen LogP contribution in [0.3, 0.4) is 0 Å². The molecule has 0 fully saturated rings. The van der Waals surface area contributed by atoms with Crippen LogP contribution >= 0.6 is 0 Å². The smallest absolute Gasteiger partial charge is 0.159 e. The van der Waals surface area contributed by atoms with Gasteiger partial charge < -0.3 is 5.11 Å². The van der Waals surface area contributed by atoms with Crippen molar-refractivity contribution in [2.24, 2.45) is 0 Å². The van der Waals surface area contributed by atoms with E-state index in [1.165, 1.54) is 6.07 Å². The zero-order valence-electron chi connectivity index (χ0n) is 9.76. The molecule has 1 nitrogen and oxygen atoms in total. The minimum absolute atomic E-state index is 0.433. The highest BCUT2D eigenvalue weighted by Crippen LogP contribution is 2.27. The van der Waals surface area contributed by atoms with Crippen molar-refractivity contribution in [3.05, 3.63) is 35.4 Å². The van der Waals surface area contributed by atoms with E-state index in [-0.39, 0.29) is 0 Å². The normalized spacial score (nSPS) is 14.8. The molecule has 1 unspecified atom stereocenters. The van der Waals surface area contributed by atoms with Gasteiger partial charge in [-0.25, -0.2) is 8.78 Å². The van der Waals surface area contributed by atoms with E-state index in [1.807, 2.05) is 0 Å². The van der Waals surface area contributed by atoms with Gasteiger partial charge in [0, 0.05) is 0 Å². The number of benzene rings is 1. The molecule has 1 rings (SSSR count). The van der Waals surface area contributed by atoms with Gasteiger partial charge in [-0.05, 0) is 31.0 Å². The zero-order chi connectivity index (χ0) is 12.2. The molecule has 0 aliphatic rings. The molecule has 16 heavy (non-hydrogen) atoms. The van der Waals surface area contributed by atoms with Crippen molar-refractivity contribution in [3.63, 3.8) is 0 Å². The molecular formula is C13H18F2O. The Balaban J connectivity index is 2.76. The molecule has 0 radical (unpaired) electrons. The van der Waals surface area contributed by atoms with Crippen LogP contribution in [0.25, 0.3) is 0 Å². The Hall–Kier alpha value is -0.960. The van der Waals surface area contributed by atoms with Gasteiger partial charge in [0.15, 0.2) is 11.6 Å². The van der Waals surface area contributed by atoms with Gasteiger partial charge in [-0.2, -0.15) is 0 Å². The number of hydrogen-bond acceptors (Lipinski definition) is 1. The molecule has 0 saturated heterocycles. The Morgan fingerprint density at radius 1 is 1.19 bits per heavy atom. The first-order valence-electron chi connectivity index (χ1n) is 5.65. The van der Waals surface area contributed by atoms with Crippen LogP contribution in [0.4, 0.5) is 8.78 Å². The third kappa shape index (κ3) is 3.27. The van der Waals surface area contributed by atoms with Gasteiger partial charge in [0.1, 0.15) is 0 Å². The van der Waals surface area contributed by atoms with Crippen molar-refractivity contribution in [2.45, 2.75) is 45.1 Å². The standard InChI is InChI=1S/C13H18F2O/c1-3-4-5-8-13(2,16)10-6-7-11(14)12(15)9-10/h6-7,9,16H,3-5,8H2,1-2H3. The topological polar surface area (TPSA) is 20.2 Å². The highest BCUT2D eigenvalue weighted by Gasteiger charge is 2.23. The van der Waals surface area contributed by atoms with Crippen LogP contribution in [0.2, 0.25) is 0 Å². The molecule has 1 N–H and O–H groups in total. The molecule has 1 aromatic carbocycles. The first-order chi connectivity index (χ1) is 7.47. The van der Waals surface area contributed by atoms with Crippen LogP contribution < -0.4 is 0 Å². The van der Waals surface area contributed by atoms with Crippen molar-refractivity contribution in [2.75, 3.05) is 0 Å². The second-order valence-electron chi connectivity index (χ2n) is 4.36. The Bertz CT molecular complexity index is 348. The fourth-order valence-corrected chi connectivity index (χ4v) is 1.69. The summed E-state index contributed by atoms with van der Waals surface area (Å²) in [6.07, 6.45) is 3.53. The lowest BCUT2D eigenvalue weighted by molar-refractivity contribution is 0.0445. The highest BCUT2D eigenvalue weighted by atomic mass is 19.2. The average molecular weight is 228 g/mol. The van der Waals surface area contributed by atoms with E-state index in [9.17, 15) is 13.9 Å². The molecule has 1 atom stereocenters. The number of unbranched alkanes of at least 4 members (excludes halogenated alkanes) is 2. The van der Waals surface area contributed by atoms with Crippen LogP contribution in [-0.2, 0) is 5.60 Å². The van der Waals surface area contributed by atoms with Gasteiger partial charge in [-0.1, -0.05) is 32.3 Å². The van der Waals surface area contributed by atoms with Crippen molar-refractivity contribution >= 4 is 0 Å². The SMILES string of the molecule is CCCCCC(C)(O)c1ccc(F)c(F)c1. The van der Waals surface area contributed by atoms with E-state index in [4.69, 9.17) is 0 Å². The Morgan fingerprint density at radius 3 is 2.44 bits per heavy atom. The molecular weight excluding hydrogens is 210 g/mol. The summed E-state index contributed by atoms with van der Waals surface area (Å²) in [5.41, 5.74) is -0.647. The third-order valence-corrected chi connectivity index (χ3v) is 2.81. The maximum absolute atomic E-state index is 13.0. The zero-order valence-corrected chi connectivity index (χ0v) is 9.76. The summed E-state index contributed by atoms with van der Waals surface area (Å²) in [5.74, 6) is -1.79. The van der Waals surface area contributed by atoms with E-state index in [1.54, 1.807) is 6.92 Å².